The van der Waals surface area contributed by atoms with E-state index >= 15 is 0 Å². The SMILES string of the molecule is CCOC(=O)c1ccccc1N1CC(C(=O)N2CCN(C(C)=O)CC2)CC1=O. The van der Waals surface area contributed by atoms with Gasteiger partial charge in [-0.05, 0) is 19.1 Å². The fraction of sp³-hybridized carbons (Fsp3) is 0.500. The van der Waals surface area contributed by atoms with Gasteiger partial charge in [0.15, 0.2) is 0 Å². The molecule has 1 unspecified atom stereocenters. The number of carbonyl (C=O) groups is 4. The topological polar surface area (TPSA) is 87.2 Å². The number of hydrogen-bond donors (Lipinski definition) is 0. The minimum Gasteiger partial charge on any atom is -0.462 e. The third kappa shape index (κ3) is 4.00. The van der Waals surface area contributed by atoms with Crippen LogP contribution in [-0.4, -0.2) is 72.8 Å². The van der Waals surface area contributed by atoms with Gasteiger partial charge in [-0.25, -0.2) is 4.79 Å². The number of carbonyl (C=O) groups excluding carboxylic acids is 4. The van der Waals surface area contributed by atoms with E-state index in [1.54, 1.807) is 41.0 Å². The Balaban J connectivity index is 1.70. The van der Waals surface area contributed by atoms with Crippen molar-refractivity contribution in [1.82, 2.24) is 9.80 Å². The first-order chi connectivity index (χ1) is 13.4. The van der Waals surface area contributed by atoms with E-state index in [0.717, 1.165) is 0 Å². The molecule has 8 nitrogen and oxygen atoms in total. The molecule has 0 N–H and O–H groups in total. The highest BCUT2D eigenvalue weighted by Crippen LogP contribution is 2.29. The molecule has 2 aliphatic rings. The zero-order chi connectivity index (χ0) is 20.3. The summed E-state index contributed by atoms with van der Waals surface area (Å²) in [6.07, 6.45) is 0.114. The lowest BCUT2D eigenvalue weighted by Crippen LogP contribution is -2.51. The number of esters is 1. The summed E-state index contributed by atoms with van der Waals surface area (Å²) in [5.41, 5.74) is 0.795. The van der Waals surface area contributed by atoms with Crippen molar-refractivity contribution in [3.8, 4) is 0 Å². The highest BCUT2D eigenvalue weighted by atomic mass is 16.5. The third-order valence-corrected chi connectivity index (χ3v) is 5.20. The Labute approximate surface area is 164 Å². The maximum absolute atomic E-state index is 12.9. The summed E-state index contributed by atoms with van der Waals surface area (Å²) in [4.78, 5) is 54.1. The summed E-state index contributed by atoms with van der Waals surface area (Å²) in [7, 11) is 0. The van der Waals surface area contributed by atoms with Crippen LogP contribution in [0.3, 0.4) is 0 Å². The van der Waals surface area contributed by atoms with Crippen LogP contribution >= 0.6 is 0 Å². The maximum Gasteiger partial charge on any atom is 0.340 e. The molecule has 0 bridgehead atoms. The second-order valence-electron chi connectivity index (χ2n) is 6.97. The predicted octanol–water partition coefficient (Wildman–Crippen LogP) is 0.907. The number of rotatable bonds is 4. The predicted molar refractivity (Wildman–Crippen MR) is 102 cm³/mol. The Kier molecular flexibility index (Phi) is 5.96. The maximum atomic E-state index is 12.9. The van der Waals surface area contributed by atoms with Gasteiger partial charge in [-0.2, -0.15) is 0 Å². The van der Waals surface area contributed by atoms with Crippen molar-refractivity contribution in [2.75, 3.05) is 44.2 Å². The molecule has 8 heteroatoms. The quantitative estimate of drug-likeness (QED) is 0.717. The number of anilines is 1. The van der Waals surface area contributed by atoms with Crippen molar-refractivity contribution in [2.24, 2.45) is 5.92 Å². The number of para-hydroxylation sites is 1. The second-order valence-corrected chi connectivity index (χ2v) is 6.97. The standard InChI is InChI=1S/C20H25N3O5/c1-3-28-20(27)16-6-4-5-7-17(16)23-13-15(12-18(23)25)19(26)22-10-8-21(9-11-22)14(2)24/h4-7,15H,3,8-13H2,1-2H3. The van der Waals surface area contributed by atoms with Crippen LogP contribution in [0.1, 0.15) is 30.6 Å². The number of piperazine rings is 1. The van der Waals surface area contributed by atoms with Crippen molar-refractivity contribution in [3.63, 3.8) is 0 Å². The van der Waals surface area contributed by atoms with Crippen molar-refractivity contribution >= 4 is 29.4 Å². The second kappa shape index (κ2) is 8.41. The fourth-order valence-electron chi connectivity index (χ4n) is 3.70. The van der Waals surface area contributed by atoms with E-state index in [1.165, 1.54) is 11.8 Å². The first-order valence-corrected chi connectivity index (χ1v) is 9.53. The minimum atomic E-state index is -0.485. The van der Waals surface area contributed by atoms with Gasteiger partial charge in [0.25, 0.3) is 0 Å². The number of amides is 3. The molecule has 2 aliphatic heterocycles. The molecule has 0 radical (unpaired) electrons. The van der Waals surface area contributed by atoms with E-state index in [2.05, 4.69) is 0 Å². The van der Waals surface area contributed by atoms with Gasteiger partial charge in [-0.15, -0.1) is 0 Å². The van der Waals surface area contributed by atoms with E-state index < -0.39 is 11.9 Å². The molecule has 2 saturated heterocycles. The normalized spacial score (nSPS) is 19.7. The summed E-state index contributed by atoms with van der Waals surface area (Å²) in [6.45, 7) is 5.70. The molecule has 1 atom stereocenters. The lowest BCUT2D eigenvalue weighted by molar-refractivity contribution is -0.141. The van der Waals surface area contributed by atoms with E-state index in [1.807, 2.05) is 0 Å². The van der Waals surface area contributed by atoms with Crippen molar-refractivity contribution in [2.45, 2.75) is 20.3 Å². The molecule has 2 heterocycles. The Morgan fingerprint density at radius 2 is 1.71 bits per heavy atom. The molecular weight excluding hydrogens is 362 g/mol. The molecule has 2 fully saturated rings. The Bertz CT molecular complexity index is 786. The number of benzene rings is 1. The van der Waals surface area contributed by atoms with Gasteiger partial charge in [-0.3, -0.25) is 14.4 Å². The van der Waals surface area contributed by atoms with Gasteiger partial charge in [-0.1, -0.05) is 12.1 Å². The fourth-order valence-corrected chi connectivity index (χ4v) is 3.70. The minimum absolute atomic E-state index is 0.00453. The molecule has 0 aliphatic carbocycles. The summed E-state index contributed by atoms with van der Waals surface area (Å²) in [5.74, 6) is -1.19. The summed E-state index contributed by atoms with van der Waals surface area (Å²) in [5, 5.41) is 0. The van der Waals surface area contributed by atoms with E-state index in [0.29, 0.717) is 37.4 Å². The largest absolute Gasteiger partial charge is 0.462 e. The first-order valence-electron chi connectivity index (χ1n) is 9.53. The summed E-state index contributed by atoms with van der Waals surface area (Å²) in [6, 6.07) is 6.79. The summed E-state index contributed by atoms with van der Waals surface area (Å²) >= 11 is 0. The van der Waals surface area contributed by atoms with Gasteiger partial charge in [0.05, 0.1) is 23.8 Å². The third-order valence-electron chi connectivity index (χ3n) is 5.20. The zero-order valence-corrected chi connectivity index (χ0v) is 16.2. The van der Waals surface area contributed by atoms with Gasteiger partial charge in [0.1, 0.15) is 0 Å². The Hall–Kier alpha value is -2.90. The van der Waals surface area contributed by atoms with Crippen molar-refractivity contribution in [1.29, 1.82) is 0 Å². The molecule has 0 spiro atoms. The molecule has 28 heavy (non-hydrogen) atoms. The molecule has 0 aromatic heterocycles. The lowest BCUT2D eigenvalue weighted by Gasteiger charge is -2.35. The highest BCUT2D eigenvalue weighted by Gasteiger charge is 2.39. The van der Waals surface area contributed by atoms with Crippen LogP contribution in [0, 0.1) is 5.92 Å². The Morgan fingerprint density at radius 3 is 2.36 bits per heavy atom. The molecule has 150 valence electrons. The smallest absolute Gasteiger partial charge is 0.340 e. The molecule has 1 aromatic carbocycles. The number of ether oxygens (including phenoxy) is 1. The number of hydrogen-bond acceptors (Lipinski definition) is 5. The van der Waals surface area contributed by atoms with E-state index in [9.17, 15) is 19.2 Å². The molecule has 3 rings (SSSR count). The van der Waals surface area contributed by atoms with Crippen LogP contribution in [-0.2, 0) is 19.1 Å². The van der Waals surface area contributed by atoms with Crippen LogP contribution in [0.25, 0.3) is 0 Å². The monoisotopic (exact) mass is 387 g/mol. The molecule has 1 aromatic rings. The highest BCUT2D eigenvalue weighted by molar-refractivity contribution is 6.05. The average Bonchev–Trinajstić information content (AvgIpc) is 3.09. The van der Waals surface area contributed by atoms with Crippen LogP contribution in [0.15, 0.2) is 24.3 Å². The Morgan fingerprint density at radius 1 is 1.07 bits per heavy atom. The van der Waals surface area contributed by atoms with E-state index in [4.69, 9.17) is 4.74 Å². The van der Waals surface area contributed by atoms with Gasteiger partial charge >= 0.3 is 5.97 Å². The van der Waals surface area contributed by atoms with Gasteiger partial charge < -0.3 is 19.4 Å². The van der Waals surface area contributed by atoms with Gasteiger partial charge in [0, 0.05) is 46.1 Å². The summed E-state index contributed by atoms with van der Waals surface area (Å²) < 4.78 is 5.08. The lowest BCUT2D eigenvalue weighted by atomic mass is 10.1. The van der Waals surface area contributed by atoms with E-state index in [-0.39, 0.29) is 37.3 Å². The van der Waals surface area contributed by atoms with Crippen molar-refractivity contribution in [3.05, 3.63) is 29.8 Å². The van der Waals surface area contributed by atoms with Crippen LogP contribution in [0.5, 0.6) is 0 Å². The van der Waals surface area contributed by atoms with Crippen LogP contribution < -0.4 is 4.90 Å². The number of nitrogens with zero attached hydrogens (tertiary/aromatic N) is 3. The van der Waals surface area contributed by atoms with Crippen molar-refractivity contribution < 1.29 is 23.9 Å². The average molecular weight is 387 g/mol. The van der Waals surface area contributed by atoms with Crippen LogP contribution in [0.2, 0.25) is 0 Å². The van der Waals surface area contributed by atoms with Gasteiger partial charge in [0.2, 0.25) is 17.7 Å². The molecule has 0 saturated carbocycles. The molecule has 3 amide bonds. The first kappa shape index (κ1) is 19.9. The zero-order valence-electron chi connectivity index (χ0n) is 16.2. The van der Waals surface area contributed by atoms with Crippen LogP contribution in [0.4, 0.5) is 5.69 Å². The molecular formula is C20H25N3O5.